The van der Waals surface area contributed by atoms with E-state index in [9.17, 15) is 4.39 Å². The second kappa shape index (κ2) is 12.3. The molecular formula is C29H40F2N6O. The van der Waals surface area contributed by atoms with Gasteiger partial charge in [-0.05, 0) is 79.6 Å². The summed E-state index contributed by atoms with van der Waals surface area (Å²) in [5, 5.41) is 7.24. The maximum absolute atomic E-state index is 15.1. The second-order valence-corrected chi connectivity index (χ2v) is 10.5. The molecule has 0 amide bonds. The predicted octanol–water partition coefficient (Wildman–Crippen LogP) is 5.86. The smallest absolute Gasteiger partial charge is 0.218 e. The van der Waals surface area contributed by atoms with Crippen molar-refractivity contribution in [3.8, 4) is 5.88 Å². The third kappa shape index (κ3) is 6.21. The van der Waals surface area contributed by atoms with Gasteiger partial charge in [0.15, 0.2) is 5.65 Å². The molecule has 2 atom stereocenters. The van der Waals surface area contributed by atoms with Crippen LogP contribution in [0.5, 0.6) is 5.88 Å². The van der Waals surface area contributed by atoms with Gasteiger partial charge in [-0.3, -0.25) is 0 Å². The van der Waals surface area contributed by atoms with E-state index in [-0.39, 0.29) is 5.56 Å². The molecule has 1 fully saturated rings. The normalized spacial score (nSPS) is 16.7. The molecule has 2 N–H and O–H groups in total. The third-order valence-electron chi connectivity index (χ3n) is 7.39. The Morgan fingerprint density at radius 3 is 2.45 bits per heavy atom. The summed E-state index contributed by atoms with van der Waals surface area (Å²) in [5.74, 6) is 1.51. The molecular weight excluding hydrogens is 486 g/mol. The van der Waals surface area contributed by atoms with E-state index in [1.165, 1.54) is 13.0 Å². The molecule has 1 unspecified atom stereocenters. The summed E-state index contributed by atoms with van der Waals surface area (Å²) < 4.78 is 35.2. The number of rotatable bonds is 10. The molecule has 1 aliphatic heterocycles. The minimum Gasteiger partial charge on any atom is -0.476 e. The number of alkyl halides is 1. The Morgan fingerprint density at radius 1 is 1.08 bits per heavy atom. The highest BCUT2D eigenvalue weighted by Gasteiger charge is 2.27. The Kier molecular flexibility index (Phi) is 9.10. The van der Waals surface area contributed by atoms with Crippen LogP contribution in [-0.4, -0.2) is 59.2 Å². The minimum absolute atomic E-state index is 0.0555. The van der Waals surface area contributed by atoms with E-state index in [1.54, 1.807) is 19.1 Å². The lowest BCUT2D eigenvalue weighted by molar-refractivity contribution is 0.170. The first-order chi connectivity index (χ1) is 18.2. The fraction of sp³-hybridized carbons (Fsp3) is 0.552. The maximum atomic E-state index is 15.1. The molecule has 206 valence electrons. The lowest BCUT2D eigenvalue weighted by Crippen LogP contribution is -2.38. The van der Waals surface area contributed by atoms with Gasteiger partial charge >= 0.3 is 0 Å². The number of benzene rings is 1. The molecule has 4 rings (SSSR count). The van der Waals surface area contributed by atoms with E-state index < -0.39 is 18.0 Å². The molecule has 1 aliphatic rings. The number of halogens is 2. The molecule has 9 heteroatoms. The number of aromatic nitrogens is 3. The summed E-state index contributed by atoms with van der Waals surface area (Å²) in [4.78, 5) is 16.6. The number of hydrogen-bond acceptors (Lipinski definition) is 7. The molecule has 3 heterocycles. The first-order valence-corrected chi connectivity index (χ1v) is 13.6. The third-order valence-corrected chi connectivity index (χ3v) is 7.39. The molecule has 0 saturated carbocycles. The van der Waals surface area contributed by atoms with E-state index in [1.807, 2.05) is 14.0 Å². The van der Waals surface area contributed by atoms with Gasteiger partial charge in [-0.15, -0.1) is 0 Å². The fourth-order valence-electron chi connectivity index (χ4n) is 5.15. The van der Waals surface area contributed by atoms with E-state index in [4.69, 9.17) is 9.72 Å². The molecule has 1 saturated heterocycles. The number of aryl methyl sites for hydroxylation is 1. The molecule has 3 aromatic rings. The molecule has 0 bridgehead atoms. The molecule has 7 nitrogen and oxygen atoms in total. The number of ether oxygens (including phenoxy) is 1. The zero-order chi connectivity index (χ0) is 27.4. The maximum Gasteiger partial charge on any atom is 0.218 e. The van der Waals surface area contributed by atoms with Crippen LogP contribution < -0.4 is 15.4 Å². The second-order valence-electron chi connectivity index (χ2n) is 10.5. The summed E-state index contributed by atoms with van der Waals surface area (Å²) >= 11 is 0. The SMILES string of the molecule is CNCCOc1nc2nc(C)nc(N[C@H](C)c3cccc(C(C)F)c3F)c2cc1C1CCN(C(C)C)CC1. The summed E-state index contributed by atoms with van der Waals surface area (Å²) in [7, 11) is 1.89. The topological polar surface area (TPSA) is 75.2 Å². The van der Waals surface area contributed by atoms with Gasteiger partial charge in [-0.25, -0.2) is 18.7 Å². The van der Waals surface area contributed by atoms with Crippen LogP contribution in [0, 0.1) is 12.7 Å². The van der Waals surface area contributed by atoms with Crippen molar-refractivity contribution < 1.29 is 13.5 Å². The van der Waals surface area contributed by atoms with Crippen LogP contribution in [0.3, 0.4) is 0 Å². The molecule has 0 spiro atoms. The Hall–Kier alpha value is -2.91. The van der Waals surface area contributed by atoms with Gasteiger partial charge in [0.25, 0.3) is 0 Å². The molecule has 0 radical (unpaired) electrons. The number of likely N-dealkylation sites (tertiary alicyclic amines) is 1. The number of fused-ring (bicyclic) bond motifs is 1. The lowest BCUT2D eigenvalue weighted by atomic mass is 9.89. The number of pyridine rings is 1. The summed E-state index contributed by atoms with van der Waals surface area (Å²) in [6.45, 7) is 12.7. The summed E-state index contributed by atoms with van der Waals surface area (Å²) in [6.07, 6.45) is 0.637. The summed E-state index contributed by atoms with van der Waals surface area (Å²) in [6, 6.07) is 7.01. The van der Waals surface area contributed by atoms with Crippen LogP contribution in [-0.2, 0) is 0 Å². The Bertz CT molecular complexity index is 1240. The molecule has 38 heavy (non-hydrogen) atoms. The van der Waals surface area contributed by atoms with Crippen molar-refractivity contribution in [2.75, 3.05) is 38.6 Å². The Balaban J connectivity index is 1.72. The van der Waals surface area contributed by atoms with Crippen molar-refractivity contribution in [2.24, 2.45) is 0 Å². The number of hydrogen-bond donors (Lipinski definition) is 2. The number of nitrogens with one attached hydrogen (secondary N) is 2. The Morgan fingerprint density at radius 2 is 1.79 bits per heavy atom. The van der Waals surface area contributed by atoms with Gasteiger partial charge in [-0.1, -0.05) is 18.2 Å². The molecule has 2 aromatic heterocycles. The van der Waals surface area contributed by atoms with Crippen molar-refractivity contribution in [3.05, 3.63) is 52.6 Å². The lowest BCUT2D eigenvalue weighted by Gasteiger charge is -2.35. The van der Waals surface area contributed by atoms with Crippen molar-refractivity contribution in [1.82, 2.24) is 25.2 Å². The van der Waals surface area contributed by atoms with Gasteiger partial charge in [0.2, 0.25) is 5.88 Å². The van der Waals surface area contributed by atoms with Gasteiger partial charge in [0.05, 0.1) is 11.4 Å². The monoisotopic (exact) mass is 526 g/mol. The number of anilines is 1. The standard InChI is InChI=1S/C29H40F2N6O/c1-17(2)37-13-10-21(11-14-37)24-16-25-27(33-19(4)23-9-7-8-22(18(3)30)26(23)31)34-20(5)35-28(25)36-29(24)38-15-12-32-6/h7-9,16-19,21,32H,10-15H2,1-6H3,(H,33,34,35,36)/t18?,19-/m1/s1. The van der Waals surface area contributed by atoms with Crippen molar-refractivity contribution in [3.63, 3.8) is 0 Å². The molecule has 1 aromatic carbocycles. The first-order valence-electron chi connectivity index (χ1n) is 13.6. The van der Waals surface area contributed by atoms with Crippen LogP contribution in [0.25, 0.3) is 11.0 Å². The van der Waals surface area contributed by atoms with Gasteiger partial charge in [0, 0.05) is 29.3 Å². The summed E-state index contributed by atoms with van der Waals surface area (Å²) in [5.41, 5.74) is 2.03. The van der Waals surface area contributed by atoms with E-state index >= 15 is 4.39 Å². The highest BCUT2D eigenvalue weighted by atomic mass is 19.1. The average Bonchev–Trinajstić information content (AvgIpc) is 2.88. The van der Waals surface area contributed by atoms with Crippen LogP contribution in [0.2, 0.25) is 0 Å². The van der Waals surface area contributed by atoms with Crippen molar-refractivity contribution in [1.29, 1.82) is 0 Å². The van der Waals surface area contributed by atoms with Gasteiger partial charge < -0.3 is 20.3 Å². The van der Waals surface area contributed by atoms with Gasteiger partial charge in [-0.2, -0.15) is 4.98 Å². The van der Waals surface area contributed by atoms with Gasteiger partial charge in [0.1, 0.15) is 30.2 Å². The van der Waals surface area contributed by atoms with E-state index in [0.29, 0.717) is 53.8 Å². The van der Waals surface area contributed by atoms with Crippen LogP contribution in [0.15, 0.2) is 24.3 Å². The molecule has 0 aliphatic carbocycles. The van der Waals surface area contributed by atoms with Crippen molar-refractivity contribution in [2.45, 2.75) is 71.6 Å². The predicted molar refractivity (Wildman–Crippen MR) is 148 cm³/mol. The minimum atomic E-state index is -1.39. The van der Waals surface area contributed by atoms with E-state index in [2.05, 4.69) is 45.4 Å². The number of likely N-dealkylation sites (N-methyl/N-ethyl adjacent to an activating group) is 1. The van der Waals surface area contributed by atoms with E-state index in [0.717, 1.165) is 36.9 Å². The zero-order valence-electron chi connectivity index (χ0n) is 23.3. The first kappa shape index (κ1) is 28.1. The average molecular weight is 527 g/mol. The van der Waals surface area contributed by atoms with Crippen LogP contribution in [0.1, 0.15) is 81.2 Å². The Labute approximate surface area is 224 Å². The quantitative estimate of drug-likeness (QED) is 0.321. The van der Waals surface area contributed by atoms with Crippen LogP contribution >= 0.6 is 0 Å². The highest BCUT2D eigenvalue weighted by molar-refractivity contribution is 5.88. The van der Waals surface area contributed by atoms with Crippen LogP contribution in [0.4, 0.5) is 14.6 Å². The zero-order valence-corrected chi connectivity index (χ0v) is 23.3. The number of piperidine rings is 1. The fourth-order valence-corrected chi connectivity index (χ4v) is 5.15. The van der Waals surface area contributed by atoms with Crippen molar-refractivity contribution >= 4 is 16.9 Å². The number of nitrogens with zero attached hydrogens (tertiary/aromatic N) is 4. The highest BCUT2D eigenvalue weighted by Crippen LogP contribution is 2.37. The largest absolute Gasteiger partial charge is 0.476 e.